The largest absolute Gasteiger partial charge is 0.459 e. The van der Waals surface area contributed by atoms with Gasteiger partial charge < -0.3 is 20.4 Å². The molecule has 28 heavy (non-hydrogen) atoms. The van der Waals surface area contributed by atoms with Gasteiger partial charge in [0.1, 0.15) is 11.6 Å². The zero-order valence-corrected chi connectivity index (χ0v) is 15.5. The molecule has 1 aromatic carbocycles. The standard InChI is InChI=1S/C17H18N6O4S/c18-15(24)13-2-1-8-23(13)16-14-12(7-9-27-14)21-17(22-16)20-10-3-5-11(6-4-10)28(19,25)26/h3-7,9,13H,1-2,8H2,(H2,18,24)(H2,19,25,26)(H,20,21,22)/t13-/m1/s1. The highest BCUT2D eigenvalue weighted by Crippen LogP contribution is 2.32. The SMILES string of the molecule is NC(=O)[C@H]1CCCN1c1nc(Nc2ccc(S(N)(=O)=O)cc2)nc2ccoc12. The molecule has 4 rings (SSSR count). The summed E-state index contributed by atoms with van der Waals surface area (Å²) in [7, 11) is -3.77. The maximum absolute atomic E-state index is 11.8. The second-order valence-corrected chi connectivity index (χ2v) is 8.02. The third kappa shape index (κ3) is 3.37. The molecule has 3 heterocycles. The number of amides is 1. The van der Waals surface area contributed by atoms with Crippen LogP contribution in [0.15, 0.2) is 45.9 Å². The van der Waals surface area contributed by atoms with E-state index in [0.717, 1.165) is 6.42 Å². The van der Waals surface area contributed by atoms with E-state index < -0.39 is 22.0 Å². The molecule has 1 fully saturated rings. The van der Waals surface area contributed by atoms with E-state index in [1.165, 1.54) is 18.4 Å². The number of anilines is 3. The molecule has 0 aliphatic carbocycles. The summed E-state index contributed by atoms with van der Waals surface area (Å²) in [5.74, 6) is 0.353. The van der Waals surface area contributed by atoms with Crippen molar-refractivity contribution in [3.05, 3.63) is 36.6 Å². The first-order chi connectivity index (χ1) is 13.3. The summed E-state index contributed by atoms with van der Waals surface area (Å²) in [5, 5.41) is 8.14. The summed E-state index contributed by atoms with van der Waals surface area (Å²) in [4.78, 5) is 22.5. The van der Waals surface area contributed by atoms with Gasteiger partial charge in [0.05, 0.1) is 11.2 Å². The minimum Gasteiger partial charge on any atom is -0.459 e. The molecule has 1 amide bonds. The second-order valence-electron chi connectivity index (χ2n) is 6.45. The van der Waals surface area contributed by atoms with Gasteiger partial charge in [-0.25, -0.2) is 18.5 Å². The van der Waals surface area contributed by atoms with Gasteiger partial charge in [-0.05, 0) is 37.1 Å². The van der Waals surface area contributed by atoms with Gasteiger partial charge >= 0.3 is 0 Å². The number of fused-ring (bicyclic) bond motifs is 1. The molecule has 0 unspecified atom stereocenters. The number of nitrogens with zero attached hydrogens (tertiary/aromatic N) is 3. The lowest BCUT2D eigenvalue weighted by molar-refractivity contribution is -0.119. The van der Waals surface area contributed by atoms with E-state index in [9.17, 15) is 13.2 Å². The maximum atomic E-state index is 11.8. The van der Waals surface area contributed by atoms with E-state index in [1.54, 1.807) is 18.2 Å². The van der Waals surface area contributed by atoms with E-state index in [0.29, 0.717) is 35.6 Å². The Morgan fingerprint density at radius 2 is 1.96 bits per heavy atom. The van der Waals surface area contributed by atoms with E-state index >= 15 is 0 Å². The minimum atomic E-state index is -3.77. The number of hydrogen-bond acceptors (Lipinski definition) is 8. The predicted molar refractivity (Wildman–Crippen MR) is 102 cm³/mol. The molecule has 0 spiro atoms. The van der Waals surface area contributed by atoms with Crippen molar-refractivity contribution in [3.8, 4) is 0 Å². The highest BCUT2D eigenvalue weighted by atomic mass is 32.2. The van der Waals surface area contributed by atoms with Crippen molar-refractivity contribution in [2.75, 3.05) is 16.8 Å². The van der Waals surface area contributed by atoms with Crippen LogP contribution in [0.5, 0.6) is 0 Å². The molecule has 1 saturated heterocycles. The number of primary amides is 1. The van der Waals surface area contributed by atoms with Gasteiger partial charge in [-0.1, -0.05) is 0 Å². The van der Waals surface area contributed by atoms with E-state index in [1.807, 2.05) is 4.90 Å². The van der Waals surface area contributed by atoms with Crippen LogP contribution in [0.1, 0.15) is 12.8 Å². The molecule has 1 atom stereocenters. The number of carbonyl (C=O) groups is 1. The van der Waals surface area contributed by atoms with E-state index in [4.69, 9.17) is 15.3 Å². The highest BCUT2D eigenvalue weighted by molar-refractivity contribution is 7.89. The zero-order valence-electron chi connectivity index (χ0n) is 14.7. The number of benzene rings is 1. The Labute approximate surface area is 160 Å². The summed E-state index contributed by atoms with van der Waals surface area (Å²) >= 11 is 0. The Morgan fingerprint density at radius 3 is 2.64 bits per heavy atom. The Morgan fingerprint density at radius 1 is 1.21 bits per heavy atom. The summed E-state index contributed by atoms with van der Waals surface area (Å²) in [6.45, 7) is 0.628. The molecule has 0 radical (unpaired) electrons. The first kappa shape index (κ1) is 18.2. The molecule has 10 nitrogen and oxygen atoms in total. The molecule has 5 N–H and O–H groups in total. The van der Waals surface area contributed by atoms with Crippen LogP contribution in [0.3, 0.4) is 0 Å². The molecule has 3 aromatic rings. The Hall–Kier alpha value is -3.18. The molecule has 11 heteroatoms. The van der Waals surface area contributed by atoms with Gasteiger partial charge in [0.15, 0.2) is 11.4 Å². The maximum Gasteiger partial charge on any atom is 0.240 e. The van der Waals surface area contributed by atoms with Gasteiger partial charge in [0, 0.05) is 18.3 Å². The molecule has 146 valence electrons. The van der Waals surface area contributed by atoms with Crippen molar-refractivity contribution in [3.63, 3.8) is 0 Å². The van der Waals surface area contributed by atoms with Gasteiger partial charge in [-0.3, -0.25) is 4.79 Å². The van der Waals surface area contributed by atoms with Crippen molar-refractivity contribution in [1.82, 2.24) is 9.97 Å². The molecular weight excluding hydrogens is 384 g/mol. The fraction of sp³-hybridized carbons (Fsp3) is 0.235. The summed E-state index contributed by atoms with van der Waals surface area (Å²) in [6, 6.07) is 7.14. The fourth-order valence-electron chi connectivity index (χ4n) is 3.27. The fourth-order valence-corrected chi connectivity index (χ4v) is 3.79. The van der Waals surface area contributed by atoms with Crippen LogP contribution in [0.4, 0.5) is 17.5 Å². The lowest BCUT2D eigenvalue weighted by Gasteiger charge is -2.23. The van der Waals surface area contributed by atoms with Gasteiger partial charge in [-0.15, -0.1) is 0 Å². The number of primary sulfonamides is 1. The number of hydrogen-bond donors (Lipinski definition) is 3. The minimum absolute atomic E-state index is 0.00584. The van der Waals surface area contributed by atoms with Crippen LogP contribution in [-0.4, -0.2) is 36.9 Å². The van der Waals surface area contributed by atoms with Crippen LogP contribution in [0.2, 0.25) is 0 Å². The Kier molecular flexibility index (Phi) is 4.40. The summed E-state index contributed by atoms with van der Waals surface area (Å²) < 4.78 is 28.3. The molecule has 1 aliphatic rings. The van der Waals surface area contributed by atoms with Crippen molar-refractivity contribution >= 4 is 44.5 Å². The van der Waals surface area contributed by atoms with Gasteiger partial charge in [-0.2, -0.15) is 4.98 Å². The summed E-state index contributed by atoms with van der Waals surface area (Å²) in [5.41, 5.74) is 7.15. The third-order valence-corrected chi connectivity index (χ3v) is 5.51. The van der Waals surface area contributed by atoms with Crippen molar-refractivity contribution < 1.29 is 17.6 Å². The summed E-state index contributed by atoms with van der Waals surface area (Å²) in [6.07, 6.45) is 2.97. The van der Waals surface area contributed by atoms with Crippen LogP contribution >= 0.6 is 0 Å². The highest BCUT2D eigenvalue weighted by Gasteiger charge is 2.32. The molecular formula is C17H18N6O4S. The lowest BCUT2D eigenvalue weighted by Crippen LogP contribution is -2.40. The molecule has 2 aromatic heterocycles. The predicted octanol–water partition coefficient (Wildman–Crippen LogP) is 1.07. The van der Waals surface area contributed by atoms with Crippen LogP contribution in [-0.2, 0) is 14.8 Å². The van der Waals surface area contributed by atoms with Gasteiger partial charge in [0.2, 0.25) is 21.9 Å². The number of furan rings is 1. The number of aromatic nitrogens is 2. The lowest BCUT2D eigenvalue weighted by atomic mass is 10.2. The second kappa shape index (κ2) is 6.77. The topological polar surface area (TPSA) is 157 Å². The van der Waals surface area contributed by atoms with Gasteiger partial charge in [0.25, 0.3) is 0 Å². The number of sulfonamides is 1. The molecule has 0 saturated carbocycles. The third-order valence-electron chi connectivity index (χ3n) is 4.58. The normalized spacial score (nSPS) is 17.2. The average molecular weight is 402 g/mol. The number of carbonyl (C=O) groups excluding carboxylic acids is 1. The number of nitrogens with one attached hydrogen (secondary N) is 1. The van der Waals surface area contributed by atoms with Crippen LogP contribution in [0, 0.1) is 0 Å². The Bertz CT molecular complexity index is 1140. The van der Waals surface area contributed by atoms with Crippen LogP contribution < -0.4 is 21.1 Å². The zero-order chi connectivity index (χ0) is 19.9. The smallest absolute Gasteiger partial charge is 0.240 e. The van der Waals surface area contributed by atoms with Crippen molar-refractivity contribution in [1.29, 1.82) is 0 Å². The first-order valence-corrected chi connectivity index (χ1v) is 10.1. The van der Waals surface area contributed by atoms with E-state index in [-0.39, 0.29) is 10.8 Å². The van der Waals surface area contributed by atoms with Crippen LogP contribution in [0.25, 0.3) is 11.1 Å². The molecule has 1 aliphatic heterocycles. The number of nitrogens with two attached hydrogens (primary N) is 2. The van der Waals surface area contributed by atoms with Crippen molar-refractivity contribution in [2.24, 2.45) is 10.9 Å². The Balaban J connectivity index is 1.70. The monoisotopic (exact) mass is 402 g/mol. The first-order valence-electron chi connectivity index (χ1n) is 8.54. The molecule has 0 bridgehead atoms. The average Bonchev–Trinajstić information content (AvgIpc) is 3.30. The quantitative estimate of drug-likeness (QED) is 0.572. The number of rotatable bonds is 5. The van der Waals surface area contributed by atoms with E-state index in [2.05, 4.69) is 15.3 Å². The van der Waals surface area contributed by atoms with Crippen molar-refractivity contribution in [2.45, 2.75) is 23.8 Å².